The van der Waals surface area contributed by atoms with E-state index in [4.69, 9.17) is 26.0 Å². The predicted molar refractivity (Wildman–Crippen MR) is 156 cm³/mol. The lowest BCUT2D eigenvalue weighted by Crippen LogP contribution is -1.96. The zero-order chi connectivity index (χ0) is 25.5. The van der Waals surface area contributed by atoms with Gasteiger partial charge in [-0.25, -0.2) is 9.97 Å². The van der Waals surface area contributed by atoms with Crippen LogP contribution in [0.25, 0.3) is 67.0 Å². The molecule has 0 spiro atoms. The number of hydrogen-bond acceptors (Lipinski definition) is 3. The average Bonchev–Trinajstić information content (AvgIpc) is 3.36. The van der Waals surface area contributed by atoms with Crippen LogP contribution in [0.15, 0.2) is 132 Å². The minimum Gasteiger partial charge on any atom is -0.456 e. The summed E-state index contributed by atoms with van der Waals surface area (Å²) in [6, 6.07) is 42.7. The second-order valence-corrected chi connectivity index (χ2v) is 9.63. The lowest BCUT2D eigenvalue weighted by atomic mass is 9.99. The van der Waals surface area contributed by atoms with E-state index in [-0.39, 0.29) is 0 Å². The maximum absolute atomic E-state index is 6.29. The summed E-state index contributed by atoms with van der Waals surface area (Å²) in [6.07, 6.45) is 0. The number of aromatic nitrogens is 2. The Bertz CT molecular complexity index is 1850. The van der Waals surface area contributed by atoms with Crippen molar-refractivity contribution in [3.05, 3.63) is 132 Å². The van der Waals surface area contributed by atoms with Crippen molar-refractivity contribution in [1.29, 1.82) is 0 Å². The molecule has 0 aliphatic carbocycles. The number of furan rings is 1. The molecule has 38 heavy (non-hydrogen) atoms. The fourth-order valence-corrected chi connectivity index (χ4v) is 5.05. The van der Waals surface area contributed by atoms with Crippen molar-refractivity contribution in [2.45, 2.75) is 0 Å². The third kappa shape index (κ3) is 4.03. The van der Waals surface area contributed by atoms with E-state index in [0.717, 1.165) is 66.2 Å². The summed E-state index contributed by atoms with van der Waals surface area (Å²) >= 11 is 6.13. The molecule has 5 aromatic carbocycles. The van der Waals surface area contributed by atoms with Gasteiger partial charge in [-0.2, -0.15) is 0 Å². The van der Waals surface area contributed by atoms with E-state index in [1.165, 1.54) is 0 Å². The molecule has 0 atom stereocenters. The first-order valence-electron chi connectivity index (χ1n) is 12.4. The molecular weight excluding hydrogens is 488 g/mol. The second kappa shape index (κ2) is 9.29. The topological polar surface area (TPSA) is 38.9 Å². The van der Waals surface area contributed by atoms with Crippen molar-refractivity contribution >= 4 is 33.5 Å². The SMILES string of the molecule is Clc1ccc(-c2ccc3oc4cccc(-c5cc(-c6ccccc6)nc(-c6ccccc6)n5)c4c3c2)cc1. The molecule has 0 saturated heterocycles. The van der Waals surface area contributed by atoms with E-state index in [1.54, 1.807) is 0 Å². The molecule has 2 heterocycles. The summed E-state index contributed by atoms with van der Waals surface area (Å²) in [5.74, 6) is 0.689. The van der Waals surface area contributed by atoms with Crippen molar-refractivity contribution in [3.63, 3.8) is 0 Å². The molecule has 0 aliphatic rings. The molecule has 0 fully saturated rings. The first-order chi connectivity index (χ1) is 18.7. The van der Waals surface area contributed by atoms with Crippen LogP contribution in [-0.4, -0.2) is 9.97 Å². The van der Waals surface area contributed by atoms with Gasteiger partial charge in [-0.3, -0.25) is 0 Å². The van der Waals surface area contributed by atoms with Gasteiger partial charge in [-0.1, -0.05) is 103 Å². The van der Waals surface area contributed by atoms with E-state index in [1.807, 2.05) is 91.0 Å². The van der Waals surface area contributed by atoms with Gasteiger partial charge in [-0.15, -0.1) is 0 Å². The first-order valence-corrected chi connectivity index (χ1v) is 12.8. The van der Waals surface area contributed by atoms with Crippen LogP contribution in [-0.2, 0) is 0 Å². The summed E-state index contributed by atoms with van der Waals surface area (Å²) in [4.78, 5) is 10.0. The van der Waals surface area contributed by atoms with Gasteiger partial charge >= 0.3 is 0 Å². The van der Waals surface area contributed by atoms with Crippen LogP contribution < -0.4 is 0 Å². The zero-order valence-electron chi connectivity index (χ0n) is 20.3. The van der Waals surface area contributed by atoms with Crippen LogP contribution in [0.4, 0.5) is 0 Å². The Morgan fingerprint density at radius 2 is 1.18 bits per heavy atom. The molecule has 0 unspecified atom stereocenters. The van der Waals surface area contributed by atoms with Crippen molar-refractivity contribution in [3.8, 4) is 45.0 Å². The lowest BCUT2D eigenvalue weighted by molar-refractivity contribution is 0.669. The second-order valence-electron chi connectivity index (χ2n) is 9.19. The fraction of sp³-hybridized carbons (Fsp3) is 0. The minimum absolute atomic E-state index is 0.689. The Morgan fingerprint density at radius 3 is 1.95 bits per heavy atom. The molecule has 0 aliphatic heterocycles. The molecule has 0 bridgehead atoms. The van der Waals surface area contributed by atoms with E-state index < -0.39 is 0 Å². The van der Waals surface area contributed by atoms with Gasteiger partial charge in [0.1, 0.15) is 11.2 Å². The molecular formula is C34H21ClN2O. The van der Waals surface area contributed by atoms with Crippen LogP contribution >= 0.6 is 11.6 Å². The van der Waals surface area contributed by atoms with E-state index in [2.05, 4.69) is 36.4 Å². The third-order valence-electron chi connectivity index (χ3n) is 6.78. The fourth-order valence-electron chi connectivity index (χ4n) is 4.92. The molecule has 4 heteroatoms. The number of hydrogen-bond donors (Lipinski definition) is 0. The minimum atomic E-state index is 0.689. The Hall–Kier alpha value is -4.73. The molecule has 0 N–H and O–H groups in total. The highest BCUT2D eigenvalue weighted by molar-refractivity contribution is 6.30. The molecule has 0 amide bonds. The van der Waals surface area contributed by atoms with Gasteiger partial charge in [0.2, 0.25) is 0 Å². The summed E-state index contributed by atoms with van der Waals surface area (Å²) < 4.78 is 6.29. The van der Waals surface area contributed by atoms with E-state index >= 15 is 0 Å². The standard InChI is InChI=1S/C34H21ClN2O/c35-26-17-14-22(15-18-26)25-16-19-31-28(20-25)33-27(12-7-13-32(33)38-31)30-21-29(23-8-3-1-4-9-23)36-34(37-30)24-10-5-2-6-11-24/h1-21H. The normalized spacial score (nSPS) is 11.3. The average molecular weight is 509 g/mol. The summed E-state index contributed by atoms with van der Waals surface area (Å²) in [6.45, 7) is 0. The van der Waals surface area contributed by atoms with Crippen molar-refractivity contribution in [2.24, 2.45) is 0 Å². The quantitative estimate of drug-likeness (QED) is 0.237. The Morgan fingerprint density at radius 1 is 0.500 bits per heavy atom. The Kier molecular flexibility index (Phi) is 5.49. The summed E-state index contributed by atoms with van der Waals surface area (Å²) in [5.41, 5.74) is 8.61. The van der Waals surface area contributed by atoms with Gasteiger partial charge in [0.05, 0.1) is 11.4 Å². The monoisotopic (exact) mass is 508 g/mol. The lowest BCUT2D eigenvalue weighted by Gasteiger charge is -2.10. The third-order valence-corrected chi connectivity index (χ3v) is 7.03. The number of fused-ring (bicyclic) bond motifs is 3. The molecule has 180 valence electrons. The van der Waals surface area contributed by atoms with Crippen molar-refractivity contribution in [1.82, 2.24) is 9.97 Å². The van der Waals surface area contributed by atoms with Crippen LogP contribution in [0.1, 0.15) is 0 Å². The molecule has 7 aromatic rings. The van der Waals surface area contributed by atoms with Crippen LogP contribution in [0, 0.1) is 0 Å². The molecule has 0 radical (unpaired) electrons. The highest BCUT2D eigenvalue weighted by atomic mass is 35.5. The van der Waals surface area contributed by atoms with Gasteiger partial charge in [0.15, 0.2) is 5.82 Å². The maximum Gasteiger partial charge on any atom is 0.160 e. The summed E-state index contributed by atoms with van der Waals surface area (Å²) in [7, 11) is 0. The van der Waals surface area contributed by atoms with Gasteiger partial charge in [-0.05, 0) is 47.5 Å². The Labute approximate surface area is 225 Å². The number of benzene rings is 5. The zero-order valence-corrected chi connectivity index (χ0v) is 21.1. The number of halogens is 1. The van der Waals surface area contributed by atoms with E-state index in [9.17, 15) is 0 Å². The smallest absolute Gasteiger partial charge is 0.160 e. The molecule has 7 rings (SSSR count). The molecule has 2 aromatic heterocycles. The van der Waals surface area contributed by atoms with Crippen LogP contribution in [0.3, 0.4) is 0 Å². The predicted octanol–water partition coefficient (Wildman–Crippen LogP) is 9.70. The molecule has 0 saturated carbocycles. The highest BCUT2D eigenvalue weighted by Gasteiger charge is 2.17. The van der Waals surface area contributed by atoms with Gasteiger partial charge in [0, 0.05) is 32.5 Å². The van der Waals surface area contributed by atoms with E-state index in [0.29, 0.717) is 5.82 Å². The van der Waals surface area contributed by atoms with Gasteiger partial charge < -0.3 is 4.42 Å². The Balaban J connectivity index is 1.48. The summed E-state index contributed by atoms with van der Waals surface area (Å²) in [5, 5.41) is 2.80. The largest absolute Gasteiger partial charge is 0.456 e. The highest BCUT2D eigenvalue weighted by Crippen LogP contribution is 2.39. The van der Waals surface area contributed by atoms with Crippen molar-refractivity contribution < 1.29 is 4.42 Å². The molecule has 3 nitrogen and oxygen atoms in total. The van der Waals surface area contributed by atoms with Crippen LogP contribution in [0.5, 0.6) is 0 Å². The van der Waals surface area contributed by atoms with Crippen LogP contribution in [0.2, 0.25) is 5.02 Å². The number of rotatable bonds is 4. The van der Waals surface area contributed by atoms with Gasteiger partial charge in [0.25, 0.3) is 0 Å². The maximum atomic E-state index is 6.29. The number of nitrogens with zero attached hydrogens (tertiary/aromatic N) is 2. The van der Waals surface area contributed by atoms with Crippen molar-refractivity contribution in [2.75, 3.05) is 0 Å². The first kappa shape index (κ1) is 22.5.